The van der Waals surface area contributed by atoms with Gasteiger partial charge in [-0.1, -0.05) is 36.4 Å². The zero-order chi connectivity index (χ0) is 25.5. The molecule has 188 valence electrons. The Morgan fingerprint density at radius 2 is 1.81 bits per heavy atom. The van der Waals surface area contributed by atoms with Gasteiger partial charge in [-0.05, 0) is 41.3 Å². The van der Waals surface area contributed by atoms with Gasteiger partial charge in [0.05, 0.1) is 25.2 Å². The van der Waals surface area contributed by atoms with Crippen molar-refractivity contribution in [1.29, 1.82) is 0 Å². The molecule has 0 aliphatic carbocycles. The SMILES string of the molecule is COCCN(CC(=O)N(Cc1ccc(F)cc1)Cc1cccs1)S(=O)(=O)c1cccc2cccnc12. The maximum Gasteiger partial charge on any atom is 0.245 e. The molecule has 1 amide bonds. The number of methoxy groups -OCH3 is 1. The second kappa shape index (κ2) is 11.7. The van der Waals surface area contributed by atoms with Crippen LogP contribution in [0.2, 0.25) is 0 Å². The average Bonchev–Trinajstić information content (AvgIpc) is 3.40. The molecule has 0 radical (unpaired) electrons. The summed E-state index contributed by atoms with van der Waals surface area (Å²) >= 11 is 1.50. The average molecular weight is 528 g/mol. The van der Waals surface area contributed by atoms with Gasteiger partial charge >= 0.3 is 0 Å². The summed E-state index contributed by atoms with van der Waals surface area (Å²) in [5.74, 6) is -0.740. The number of halogens is 1. The largest absolute Gasteiger partial charge is 0.383 e. The minimum atomic E-state index is -4.07. The van der Waals surface area contributed by atoms with E-state index in [1.54, 1.807) is 41.3 Å². The van der Waals surface area contributed by atoms with E-state index in [2.05, 4.69) is 4.98 Å². The van der Waals surface area contributed by atoms with Crippen LogP contribution in [-0.2, 0) is 32.6 Å². The number of benzene rings is 2. The second-order valence-electron chi connectivity index (χ2n) is 8.12. The molecule has 0 atom stereocenters. The molecule has 2 heterocycles. The van der Waals surface area contributed by atoms with Crippen LogP contribution in [0, 0.1) is 5.82 Å². The summed E-state index contributed by atoms with van der Waals surface area (Å²) in [6.45, 7) is 0.263. The number of para-hydroxylation sites is 1. The number of pyridine rings is 1. The van der Waals surface area contributed by atoms with Crippen LogP contribution in [0.4, 0.5) is 4.39 Å². The molecule has 36 heavy (non-hydrogen) atoms. The van der Waals surface area contributed by atoms with Gasteiger partial charge in [-0.2, -0.15) is 4.31 Å². The Bertz CT molecular complexity index is 1410. The number of amides is 1. The Hall–Kier alpha value is -3.18. The number of aromatic nitrogens is 1. The number of rotatable bonds is 11. The number of carbonyl (C=O) groups excluding carboxylic acids is 1. The summed E-state index contributed by atoms with van der Waals surface area (Å²) in [4.78, 5) is 20.4. The highest BCUT2D eigenvalue weighted by molar-refractivity contribution is 7.89. The molecule has 2 aromatic carbocycles. The van der Waals surface area contributed by atoms with Gasteiger partial charge in [0.1, 0.15) is 10.7 Å². The van der Waals surface area contributed by atoms with Gasteiger partial charge in [0.2, 0.25) is 15.9 Å². The Balaban J connectivity index is 1.64. The van der Waals surface area contributed by atoms with Crippen molar-refractivity contribution in [3.8, 4) is 0 Å². The predicted molar refractivity (Wildman–Crippen MR) is 137 cm³/mol. The molecule has 0 bridgehead atoms. The predicted octanol–water partition coefficient (Wildman–Crippen LogP) is 4.30. The van der Waals surface area contributed by atoms with E-state index in [1.807, 2.05) is 17.5 Å². The van der Waals surface area contributed by atoms with Crippen LogP contribution in [-0.4, -0.2) is 55.3 Å². The van der Waals surface area contributed by atoms with Crippen molar-refractivity contribution in [1.82, 2.24) is 14.2 Å². The highest BCUT2D eigenvalue weighted by Gasteiger charge is 2.30. The maximum absolute atomic E-state index is 13.7. The van der Waals surface area contributed by atoms with E-state index in [4.69, 9.17) is 4.74 Å². The normalized spacial score (nSPS) is 11.8. The lowest BCUT2D eigenvalue weighted by Gasteiger charge is -2.27. The highest BCUT2D eigenvalue weighted by atomic mass is 32.2. The third-order valence-electron chi connectivity index (χ3n) is 5.64. The molecule has 10 heteroatoms. The third-order valence-corrected chi connectivity index (χ3v) is 8.37. The smallest absolute Gasteiger partial charge is 0.245 e. The quantitative estimate of drug-likeness (QED) is 0.291. The first-order valence-electron chi connectivity index (χ1n) is 11.3. The summed E-state index contributed by atoms with van der Waals surface area (Å²) in [7, 11) is -2.60. The summed E-state index contributed by atoms with van der Waals surface area (Å²) in [6, 6.07) is 18.2. The first kappa shape index (κ1) is 25.9. The molecule has 4 aromatic rings. The molecule has 0 unspecified atom stereocenters. The Labute approximate surface area is 213 Å². The van der Waals surface area contributed by atoms with E-state index >= 15 is 0 Å². The minimum absolute atomic E-state index is 0.00279. The third kappa shape index (κ3) is 6.14. The molecule has 0 saturated heterocycles. The van der Waals surface area contributed by atoms with Crippen LogP contribution in [0.5, 0.6) is 0 Å². The Kier molecular flexibility index (Phi) is 8.42. The van der Waals surface area contributed by atoms with Gasteiger partial charge in [-0.3, -0.25) is 9.78 Å². The fourth-order valence-corrected chi connectivity index (χ4v) is 6.04. The van der Waals surface area contributed by atoms with Gasteiger partial charge in [-0.25, -0.2) is 12.8 Å². The first-order chi connectivity index (χ1) is 17.4. The Morgan fingerprint density at radius 1 is 1.03 bits per heavy atom. The monoisotopic (exact) mass is 527 g/mol. The van der Waals surface area contributed by atoms with Gasteiger partial charge in [0, 0.05) is 36.7 Å². The molecular weight excluding hydrogens is 501 g/mol. The number of sulfonamides is 1. The van der Waals surface area contributed by atoms with Crippen molar-refractivity contribution in [3.05, 3.63) is 94.6 Å². The number of carbonyl (C=O) groups is 1. The fourth-order valence-electron chi connectivity index (χ4n) is 3.78. The number of ether oxygens (including phenoxy) is 1. The number of thiophene rings is 1. The first-order valence-corrected chi connectivity index (χ1v) is 13.6. The van der Waals surface area contributed by atoms with Crippen molar-refractivity contribution >= 4 is 38.2 Å². The van der Waals surface area contributed by atoms with Crippen LogP contribution < -0.4 is 0 Å². The summed E-state index contributed by atoms with van der Waals surface area (Å²) in [5, 5.41) is 2.60. The van der Waals surface area contributed by atoms with Crippen molar-refractivity contribution in [2.75, 3.05) is 26.8 Å². The summed E-state index contributed by atoms with van der Waals surface area (Å²) in [5.41, 5.74) is 1.09. The lowest BCUT2D eigenvalue weighted by molar-refractivity contribution is -0.132. The number of nitrogens with zero attached hydrogens (tertiary/aromatic N) is 3. The van der Waals surface area contributed by atoms with Gasteiger partial charge in [0.25, 0.3) is 0 Å². The summed E-state index contributed by atoms with van der Waals surface area (Å²) in [6.07, 6.45) is 1.54. The van der Waals surface area contributed by atoms with Crippen molar-refractivity contribution in [2.24, 2.45) is 0 Å². The van der Waals surface area contributed by atoms with Crippen LogP contribution in [0.3, 0.4) is 0 Å². The van der Waals surface area contributed by atoms with Crippen molar-refractivity contribution in [3.63, 3.8) is 0 Å². The highest BCUT2D eigenvalue weighted by Crippen LogP contribution is 2.24. The second-order valence-corrected chi connectivity index (χ2v) is 11.1. The molecule has 4 rings (SSSR count). The molecule has 0 aliphatic heterocycles. The number of fused-ring (bicyclic) bond motifs is 1. The van der Waals surface area contributed by atoms with Gasteiger partial charge < -0.3 is 9.64 Å². The molecule has 2 aromatic heterocycles. The molecular formula is C26H26FN3O4S2. The molecule has 0 saturated carbocycles. The van der Waals surface area contributed by atoms with Crippen molar-refractivity contribution < 1.29 is 22.3 Å². The Morgan fingerprint density at radius 3 is 2.53 bits per heavy atom. The molecule has 0 fully saturated rings. The minimum Gasteiger partial charge on any atom is -0.383 e. The van der Waals surface area contributed by atoms with Gasteiger partial charge in [-0.15, -0.1) is 11.3 Å². The lowest BCUT2D eigenvalue weighted by Crippen LogP contribution is -2.43. The zero-order valence-electron chi connectivity index (χ0n) is 19.7. The van der Waals surface area contributed by atoms with Crippen LogP contribution >= 0.6 is 11.3 Å². The number of hydrogen-bond donors (Lipinski definition) is 0. The van der Waals surface area contributed by atoms with E-state index in [0.717, 1.165) is 14.7 Å². The molecule has 0 N–H and O–H groups in total. The molecule has 7 nitrogen and oxygen atoms in total. The lowest BCUT2D eigenvalue weighted by atomic mass is 10.2. The van der Waals surface area contributed by atoms with E-state index in [-0.39, 0.29) is 42.9 Å². The van der Waals surface area contributed by atoms with Crippen LogP contribution in [0.1, 0.15) is 10.4 Å². The van der Waals surface area contributed by atoms with Crippen molar-refractivity contribution in [2.45, 2.75) is 18.0 Å². The van der Waals surface area contributed by atoms with E-state index in [1.165, 1.54) is 42.8 Å². The van der Waals surface area contributed by atoms with Gasteiger partial charge in [0.15, 0.2) is 0 Å². The van der Waals surface area contributed by atoms with E-state index < -0.39 is 10.0 Å². The van der Waals surface area contributed by atoms with E-state index in [9.17, 15) is 17.6 Å². The van der Waals surface area contributed by atoms with E-state index in [0.29, 0.717) is 17.4 Å². The topological polar surface area (TPSA) is 79.8 Å². The maximum atomic E-state index is 13.7. The fraction of sp³-hybridized carbons (Fsp3) is 0.231. The standard InChI is InChI=1S/C26H26FN3O4S2/c1-34-15-14-30(36(32,33)24-8-2-5-21-6-3-13-28-26(21)24)19-25(31)29(18-23-7-4-16-35-23)17-20-9-11-22(27)12-10-20/h2-13,16H,14-15,17-19H2,1H3. The molecule has 0 aliphatic rings. The zero-order valence-corrected chi connectivity index (χ0v) is 21.3. The summed E-state index contributed by atoms with van der Waals surface area (Å²) < 4.78 is 47.2. The van der Waals surface area contributed by atoms with Crippen LogP contribution in [0.25, 0.3) is 10.9 Å². The van der Waals surface area contributed by atoms with Crippen LogP contribution in [0.15, 0.2) is 83.2 Å². The molecule has 0 spiro atoms. The number of hydrogen-bond acceptors (Lipinski definition) is 6.